The van der Waals surface area contributed by atoms with E-state index in [-0.39, 0.29) is 24.3 Å². The fourth-order valence-corrected chi connectivity index (χ4v) is 2.39. The van der Waals surface area contributed by atoms with Gasteiger partial charge in [-0.3, -0.25) is 13.9 Å². The van der Waals surface area contributed by atoms with Gasteiger partial charge in [0.25, 0.3) is 11.2 Å². The van der Waals surface area contributed by atoms with Crippen LogP contribution >= 0.6 is 0 Å². The van der Waals surface area contributed by atoms with Crippen LogP contribution in [0.3, 0.4) is 0 Å². The van der Waals surface area contributed by atoms with Crippen molar-refractivity contribution in [2.45, 2.75) is 40.8 Å². The topological polar surface area (TPSA) is 105 Å². The fourth-order valence-electron chi connectivity index (χ4n) is 2.39. The summed E-state index contributed by atoms with van der Waals surface area (Å²) in [6, 6.07) is 0. The van der Waals surface area contributed by atoms with Gasteiger partial charge >= 0.3 is 11.6 Å². The van der Waals surface area contributed by atoms with Gasteiger partial charge in [-0.1, -0.05) is 23.3 Å². The molecule has 0 aliphatic rings. The van der Waals surface area contributed by atoms with Crippen molar-refractivity contribution in [3.05, 3.63) is 54.3 Å². The van der Waals surface area contributed by atoms with Gasteiger partial charge in [-0.15, -0.1) is 0 Å². The lowest BCUT2D eigenvalue weighted by Crippen LogP contribution is -2.40. The Morgan fingerprint density at radius 1 is 1.08 bits per heavy atom. The molecule has 9 nitrogen and oxygen atoms in total. The highest BCUT2D eigenvalue weighted by Gasteiger charge is 2.27. The number of allylic oxidation sites excluding steroid dienone is 4. The maximum atomic E-state index is 12.8. The molecule has 0 N–H and O–H groups in total. The highest BCUT2D eigenvalue weighted by molar-refractivity contribution is 5.72. The van der Waals surface area contributed by atoms with Crippen LogP contribution in [0, 0.1) is 10.1 Å². The van der Waals surface area contributed by atoms with E-state index in [1.165, 1.54) is 11.6 Å². The number of aryl methyl sites for hydroxylation is 1. The van der Waals surface area contributed by atoms with E-state index in [1.807, 2.05) is 27.7 Å². The summed E-state index contributed by atoms with van der Waals surface area (Å²) >= 11 is 0. The summed E-state index contributed by atoms with van der Waals surface area (Å²) in [5.74, 6) is -0.475. The second-order valence-electron chi connectivity index (χ2n) is 6.27. The summed E-state index contributed by atoms with van der Waals surface area (Å²) in [5, 5.41) is 11.2. The second kappa shape index (κ2) is 6.88. The molecule has 0 bridgehead atoms. The Labute approximate surface area is 143 Å². The van der Waals surface area contributed by atoms with E-state index in [4.69, 9.17) is 0 Å². The van der Waals surface area contributed by atoms with Crippen molar-refractivity contribution in [1.82, 2.24) is 18.7 Å². The zero-order valence-corrected chi connectivity index (χ0v) is 14.9. The number of hydrogen-bond acceptors (Lipinski definition) is 5. The Morgan fingerprint density at radius 2 is 1.60 bits per heavy atom. The molecule has 9 heteroatoms. The summed E-state index contributed by atoms with van der Waals surface area (Å²) in [5.41, 5.74) is 0.867. The minimum absolute atomic E-state index is 0.0233. The van der Waals surface area contributed by atoms with E-state index >= 15 is 0 Å². The van der Waals surface area contributed by atoms with E-state index in [0.717, 1.165) is 20.3 Å². The predicted octanol–water partition coefficient (Wildman–Crippen LogP) is 1.74. The average molecular weight is 347 g/mol. The molecule has 0 saturated carbocycles. The van der Waals surface area contributed by atoms with Crippen LogP contribution in [0.15, 0.2) is 32.9 Å². The molecule has 2 aromatic rings. The summed E-state index contributed by atoms with van der Waals surface area (Å²) < 4.78 is 3.48. The maximum Gasteiger partial charge on any atom is 0.437 e. The average Bonchev–Trinajstić information content (AvgIpc) is 2.84. The largest absolute Gasteiger partial charge is 0.437 e. The van der Waals surface area contributed by atoms with E-state index in [9.17, 15) is 19.7 Å². The van der Waals surface area contributed by atoms with Crippen LogP contribution in [-0.4, -0.2) is 23.6 Å². The molecule has 0 fully saturated rings. The van der Waals surface area contributed by atoms with Gasteiger partial charge in [0.2, 0.25) is 5.52 Å². The van der Waals surface area contributed by atoms with Crippen molar-refractivity contribution in [1.29, 1.82) is 0 Å². The number of rotatable bonds is 5. The Hall–Kier alpha value is -2.97. The lowest BCUT2D eigenvalue weighted by Gasteiger charge is -2.07. The fraction of sp³-hybridized carbons (Fsp3) is 0.438. The second-order valence-corrected chi connectivity index (χ2v) is 6.27. The monoisotopic (exact) mass is 347 g/mol. The Bertz CT molecular complexity index is 1010. The van der Waals surface area contributed by atoms with Gasteiger partial charge in [0.05, 0.1) is 7.05 Å². The lowest BCUT2D eigenvalue weighted by molar-refractivity contribution is -0.396. The summed E-state index contributed by atoms with van der Waals surface area (Å²) in [6.45, 7) is 7.76. The number of hydrogen-bond donors (Lipinski definition) is 0. The first-order valence-electron chi connectivity index (χ1n) is 7.76. The summed E-state index contributed by atoms with van der Waals surface area (Å²) in [7, 11) is 1.40. The number of aromatic nitrogens is 4. The van der Waals surface area contributed by atoms with Crippen LogP contribution in [0.5, 0.6) is 0 Å². The molecule has 2 rings (SSSR count). The van der Waals surface area contributed by atoms with Gasteiger partial charge in [0.1, 0.15) is 0 Å². The Kier molecular flexibility index (Phi) is 5.05. The normalized spacial score (nSPS) is 10.8. The molecule has 134 valence electrons. The highest BCUT2D eigenvalue weighted by atomic mass is 16.6. The smallest absolute Gasteiger partial charge is 0.390 e. The predicted molar refractivity (Wildman–Crippen MR) is 94.8 cm³/mol. The van der Waals surface area contributed by atoms with Crippen LogP contribution < -0.4 is 11.2 Å². The van der Waals surface area contributed by atoms with Crippen molar-refractivity contribution >= 4 is 17.1 Å². The van der Waals surface area contributed by atoms with E-state index in [2.05, 4.69) is 4.98 Å². The number of nitro groups is 1. The molecule has 2 heterocycles. The summed E-state index contributed by atoms with van der Waals surface area (Å²) in [6.07, 6.45) is 3.56. The maximum absolute atomic E-state index is 12.8. The molecule has 0 amide bonds. The van der Waals surface area contributed by atoms with Crippen LogP contribution in [-0.2, 0) is 20.1 Å². The Morgan fingerprint density at radius 3 is 2.08 bits per heavy atom. The molecule has 0 aliphatic heterocycles. The molecule has 0 unspecified atom stereocenters. The first kappa shape index (κ1) is 18.4. The minimum atomic E-state index is -0.671. The van der Waals surface area contributed by atoms with Gasteiger partial charge in [0, 0.05) is 13.1 Å². The van der Waals surface area contributed by atoms with Gasteiger partial charge in [-0.25, -0.2) is 9.36 Å². The first-order chi connectivity index (χ1) is 11.6. The van der Waals surface area contributed by atoms with E-state index in [0.29, 0.717) is 0 Å². The van der Waals surface area contributed by atoms with E-state index in [1.54, 1.807) is 12.2 Å². The Balaban J connectivity index is 2.91. The molecular formula is C16H21N5O4. The van der Waals surface area contributed by atoms with Crippen molar-refractivity contribution in [2.24, 2.45) is 7.05 Å². The zero-order chi connectivity index (χ0) is 18.9. The molecular weight excluding hydrogens is 326 g/mol. The number of fused-ring (bicyclic) bond motifs is 1. The molecule has 25 heavy (non-hydrogen) atoms. The van der Waals surface area contributed by atoms with Crippen molar-refractivity contribution < 1.29 is 4.92 Å². The van der Waals surface area contributed by atoms with Crippen molar-refractivity contribution in [2.75, 3.05) is 0 Å². The molecule has 0 saturated heterocycles. The lowest BCUT2D eigenvalue weighted by atomic mass is 10.3. The summed E-state index contributed by atoms with van der Waals surface area (Å²) in [4.78, 5) is 39.9. The standard InChI is InChI=1S/C16H21N5O4/c1-10(2)6-8-19-13-12(18(5)15(17-13)21(24)25)14(22)20(16(19)23)9-7-11(3)4/h6-7H,8-9H2,1-5H3. The highest BCUT2D eigenvalue weighted by Crippen LogP contribution is 2.16. The molecule has 0 atom stereocenters. The third-order valence-corrected chi connectivity index (χ3v) is 3.75. The van der Waals surface area contributed by atoms with Crippen molar-refractivity contribution in [3.63, 3.8) is 0 Å². The zero-order valence-electron chi connectivity index (χ0n) is 14.9. The molecule has 0 radical (unpaired) electrons. The van der Waals surface area contributed by atoms with Crippen LogP contribution in [0.25, 0.3) is 11.2 Å². The molecule has 0 spiro atoms. The van der Waals surface area contributed by atoms with Gasteiger partial charge in [0.15, 0.2) is 0 Å². The molecule has 2 aromatic heterocycles. The first-order valence-corrected chi connectivity index (χ1v) is 7.76. The van der Waals surface area contributed by atoms with Crippen LogP contribution in [0.2, 0.25) is 0 Å². The van der Waals surface area contributed by atoms with Gasteiger partial charge in [-0.05, 0) is 37.6 Å². The number of nitrogens with zero attached hydrogens (tertiary/aromatic N) is 5. The van der Waals surface area contributed by atoms with Crippen molar-refractivity contribution in [3.8, 4) is 0 Å². The van der Waals surface area contributed by atoms with Gasteiger partial charge < -0.3 is 10.1 Å². The molecule has 0 aromatic carbocycles. The quantitative estimate of drug-likeness (QED) is 0.465. The number of imidazole rings is 1. The van der Waals surface area contributed by atoms with E-state index < -0.39 is 22.1 Å². The molecule has 0 aliphatic carbocycles. The SMILES string of the molecule is CC(C)=CCn1c(=O)c2c(nc([N+](=O)[O-])n2C)n(CC=C(C)C)c1=O. The third-order valence-electron chi connectivity index (χ3n) is 3.75. The minimum Gasteiger partial charge on any atom is -0.390 e. The van der Waals surface area contributed by atoms with Crippen LogP contribution in [0.1, 0.15) is 27.7 Å². The van der Waals surface area contributed by atoms with Crippen LogP contribution in [0.4, 0.5) is 5.95 Å². The van der Waals surface area contributed by atoms with Gasteiger partial charge in [-0.2, -0.15) is 0 Å². The third kappa shape index (κ3) is 3.44.